The lowest BCUT2D eigenvalue weighted by Gasteiger charge is -2.21. The fourth-order valence-electron chi connectivity index (χ4n) is 1.38. The average molecular weight is 352 g/mol. The standard InChI is InChI=1S/C8H6FNO.C5H14NO.H3O4P/c9-5-1-2-6-7(3-5)10-4-8(6)11;1-6(2,3)4-5-7;1-5(2,3)4/h1-4,10-11H;7H,4-5H2,1-3H3;(H3,1,2,3,4)/q;+1;/p-1. The first-order valence-electron chi connectivity index (χ1n) is 6.47. The Morgan fingerprint density at radius 2 is 1.83 bits per heavy atom. The van der Waals surface area contributed by atoms with Crippen LogP contribution in [0.4, 0.5) is 4.39 Å². The Labute approximate surface area is 133 Å². The van der Waals surface area contributed by atoms with Crippen LogP contribution in [0.2, 0.25) is 0 Å². The molecule has 0 radical (unpaired) electrons. The van der Waals surface area contributed by atoms with Crippen molar-refractivity contribution in [1.82, 2.24) is 4.98 Å². The molecule has 132 valence electrons. The number of fused-ring (bicyclic) bond motifs is 1. The molecule has 1 heterocycles. The highest BCUT2D eigenvalue weighted by molar-refractivity contribution is 7.43. The molecule has 1 aromatic heterocycles. The van der Waals surface area contributed by atoms with Crippen LogP contribution < -0.4 is 4.89 Å². The third-order valence-corrected chi connectivity index (χ3v) is 2.39. The van der Waals surface area contributed by atoms with Gasteiger partial charge in [-0.15, -0.1) is 0 Å². The molecule has 0 aliphatic carbocycles. The topological polar surface area (TPSA) is 137 Å². The molecule has 0 fully saturated rings. The maximum Gasteiger partial charge on any atom is 0.262 e. The van der Waals surface area contributed by atoms with Crippen LogP contribution in [-0.4, -0.2) is 63.8 Å². The number of hydrogen-bond donors (Lipinski definition) is 5. The number of nitrogens with one attached hydrogen (secondary N) is 1. The number of H-pyrrole nitrogens is 1. The molecule has 0 saturated carbocycles. The number of aliphatic hydroxyl groups is 1. The van der Waals surface area contributed by atoms with E-state index in [-0.39, 0.29) is 18.2 Å². The molecular weight excluding hydrogens is 330 g/mol. The highest BCUT2D eigenvalue weighted by Gasteiger charge is 2.02. The first-order valence-corrected chi connectivity index (χ1v) is 8.00. The van der Waals surface area contributed by atoms with E-state index in [0.29, 0.717) is 10.9 Å². The van der Waals surface area contributed by atoms with Gasteiger partial charge in [0.05, 0.1) is 33.3 Å². The summed E-state index contributed by atoms with van der Waals surface area (Å²) in [5.41, 5.74) is 0.613. The molecule has 0 unspecified atom stereocenters. The van der Waals surface area contributed by atoms with Crippen molar-refractivity contribution in [1.29, 1.82) is 0 Å². The number of hydrogen-bond acceptors (Lipinski definition) is 4. The zero-order chi connectivity index (χ0) is 18.3. The van der Waals surface area contributed by atoms with E-state index < -0.39 is 7.82 Å². The second-order valence-corrected chi connectivity index (χ2v) is 6.57. The Kier molecular flexibility index (Phi) is 8.39. The van der Waals surface area contributed by atoms with Crippen LogP contribution in [0.1, 0.15) is 0 Å². The van der Waals surface area contributed by atoms with Crippen LogP contribution in [0.15, 0.2) is 24.4 Å². The maximum atomic E-state index is 12.5. The van der Waals surface area contributed by atoms with Crippen molar-refractivity contribution in [2.75, 3.05) is 34.3 Å². The van der Waals surface area contributed by atoms with Gasteiger partial charge in [-0.3, -0.25) is 4.57 Å². The van der Waals surface area contributed by atoms with Gasteiger partial charge < -0.3 is 34.4 Å². The number of halogens is 1. The molecule has 0 aliphatic heterocycles. The molecule has 0 spiro atoms. The van der Waals surface area contributed by atoms with Crippen LogP contribution in [-0.2, 0) is 4.57 Å². The largest absolute Gasteiger partial charge is 0.756 e. The lowest BCUT2D eigenvalue weighted by molar-refractivity contribution is -0.870. The molecular formula is C13H22FN2O6P. The first kappa shape index (κ1) is 21.5. The number of aromatic hydroxyl groups is 1. The summed E-state index contributed by atoms with van der Waals surface area (Å²) in [7, 11) is 1.27. The number of aliphatic hydroxyl groups excluding tert-OH is 1. The monoisotopic (exact) mass is 352 g/mol. The van der Waals surface area contributed by atoms with Crippen LogP contribution in [0, 0.1) is 5.82 Å². The highest BCUT2D eigenvalue weighted by atomic mass is 31.2. The van der Waals surface area contributed by atoms with Gasteiger partial charge in [0, 0.05) is 11.6 Å². The number of benzene rings is 1. The first-order chi connectivity index (χ1) is 10.3. The molecule has 1 aromatic carbocycles. The average Bonchev–Trinajstić information content (AvgIpc) is 2.67. The number of rotatable bonds is 2. The second-order valence-electron chi connectivity index (χ2n) is 5.59. The van der Waals surface area contributed by atoms with E-state index in [1.54, 1.807) is 0 Å². The van der Waals surface area contributed by atoms with Crippen molar-refractivity contribution < 1.29 is 38.3 Å². The molecule has 2 rings (SSSR count). The fraction of sp³-hybridized carbons (Fsp3) is 0.385. The van der Waals surface area contributed by atoms with Gasteiger partial charge in [-0.1, -0.05) is 0 Å². The van der Waals surface area contributed by atoms with E-state index >= 15 is 0 Å². The molecule has 23 heavy (non-hydrogen) atoms. The molecule has 8 nitrogen and oxygen atoms in total. The summed E-state index contributed by atoms with van der Waals surface area (Å²) in [4.78, 5) is 25.7. The number of phosphoric acid groups is 1. The number of nitrogens with zero attached hydrogens (tertiary/aromatic N) is 1. The Morgan fingerprint density at radius 3 is 2.22 bits per heavy atom. The van der Waals surface area contributed by atoms with Gasteiger partial charge in [0.1, 0.15) is 18.1 Å². The van der Waals surface area contributed by atoms with E-state index in [1.807, 2.05) is 0 Å². The summed E-state index contributed by atoms with van der Waals surface area (Å²) in [5.74, 6) is -0.153. The molecule has 10 heteroatoms. The van der Waals surface area contributed by atoms with Crippen LogP contribution in [0.3, 0.4) is 0 Å². The van der Waals surface area contributed by atoms with E-state index in [9.17, 15) is 4.39 Å². The summed E-state index contributed by atoms with van der Waals surface area (Å²) >= 11 is 0. The fourth-order valence-corrected chi connectivity index (χ4v) is 1.38. The van der Waals surface area contributed by atoms with Crippen LogP contribution in [0.25, 0.3) is 10.9 Å². The molecule has 0 aliphatic rings. The Bertz CT molecular complexity index is 641. The number of quaternary nitrogens is 1. The zero-order valence-electron chi connectivity index (χ0n) is 13.1. The van der Waals surface area contributed by atoms with E-state index in [1.165, 1.54) is 24.4 Å². The van der Waals surface area contributed by atoms with E-state index in [4.69, 9.17) is 29.5 Å². The van der Waals surface area contributed by atoms with Crippen molar-refractivity contribution in [3.05, 3.63) is 30.2 Å². The van der Waals surface area contributed by atoms with Crippen molar-refractivity contribution in [2.24, 2.45) is 0 Å². The van der Waals surface area contributed by atoms with Crippen molar-refractivity contribution >= 4 is 18.7 Å². The summed E-state index contributed by atoms with van der Waals surface area (Å²) in [5, 5.41) is 18.2. The number of aromatic nitrogens is 1. The van der Waals surface area contributed by atoms with E-state index in [0.717, 1.165) is 11.0 Å². The quantitative estimate of drug-likeness (QED) is 0.385. The van der Waals surface area contributed by atoms with Gasteiger partial charge in [-0.05, 0) is 18.2 Å². The molecule has 0 atom stereocenters. The van der Waals surface area contributed by atoms with Crippen molar-refractivity contribution in [2.45, 2.75) is 0 Å². The van der Waals surface area contributed by atoms with Gasteiger partial charge in [-0.2, -0.15) is 0 Å². The summed E-state index contributed by atoms with van der Waals surface area (Å²) in [6, 6.07) is 4.20. The molecule has 0 bridgehead atoms. The summed E-state index contributed by atoms with van der Waals surface area (Å²) < 4.78 is 22.2. The normalized spacial score (nSPS) is 11.3. The van der Waals surface area contributed by atoms with Crippen molar-refractivity contribution in [3.63, 3.8) is 0 Å². The van der Waals surface area contributed by atoms with Gasteiger partial charge in [0.25, 0.3) is 7.82 Å². The van der Waals surface area contributed by atoms with Gasteiger partial charge >= 0.3 is 0 Å². The van der Waals surface area contributed by atoms with E-state index in [2.05, 4.69) is 26.1 Å². The lowest BCUT2D eigenvalue weighted by atomic mass is 10.2. The minimum Gasteiger partial charge on any atom is -0.756 e. The Hall–Kier alpha value is -1.48. The molecule has 0 saturated heterocycles. The third kappa shape index (κ3) is 11.7. The minimum atomic E-state index is -4.89. The van der Waals surface area contributed by atoms with Crippen molar-refractivity contribution in [3.8, 4) is 5.75 Å². The number of likely N-dealkylation sites (N-methyl/N-ethyl adjacent to an activating group) is 1. The SMILES string of the molecule is C[N+](C)(C)CCO.O=P([O-])(O)O.Oc1c[nH]c2cc(F)ccc12. The lowest BCUT2D eigenvalue weighted by Crippen LogP contribution is -2.36. The van der Waals surface area contributed by atoms with Crippen LogP contribution in [0.5, 0.6) is 5.75 Å². The Balaban J connectivity index is 0.000000351. The number of aromatic amines is 1. The maximum absolute atomic E-state index is 12.5. The molecule has 5 N–H and O–H groups in total. The predicted molar refractivity (Wildman–Crippen MR) is 82.0 cm³/mol. The van der Waals surface area contributed by atoms with Gasteiger partial charge in [0.15, 0.2) is 0 Å². The molecule has 2 aromatic rings. The summed E-state index contributed by atoms with van der Waals surface area (Å²) in [6.07, 6.45) is 1.43. The highest BCUT2D eigenvalue weighted by Crippen LogP contribution is 2.23. The predicted octanol–water partition coefficient (Wildman–Crippen LogP) is 0.137. The Morgan fingerprint density at radius 1 is 1.30 bits per heavy atom. The smallest absolute Gasteiger partial charge is 0.262 e. The van der Waals surface area contributed by atoms with Gasteiger partial charge in [0.2, 0.25) is 0 Å². The minimum absolute atomic E-state index is 0.153. The molecule has 0 amide bonds. The third-order valence-electron chi connectivity index (χ3n) is 2.39. The zero-order valence-corrected chi connectivity index (χ0v) is 14.0. The second kappa shape index (κ2) is 8.97. The van der Waals surface area contributed by atoms with Gasteiger partial charge in [-0.25, -0.2) is 4.39 Å². The summed E-state index contributed by atoms with van der Waals surface area (Å²) in [6.45, 7) is 1.11. The van der Waals surface area contributed by atoms with Crippen LogP contribution >= 0.6 is 7.82 Å².